The zero-order valence-electron chi connectivity index (χ0n) is 18.8. The van der Waals surface area contributed by atoms with Crippen molar-refractivity contribution in [2.75, 3.05) is 0 Å². The summed E-state index contributed by atoms with van der Waals surface area (Å²) in [5, 5.41) is 3.41. The van der Waals surface area contributed by atoms with Crippen molar-refractivity contribution in [1.82, 2.24) is 19.5 Å². The normalized spacial score (nSPS) is 12.1. The maximum absolute atomic E-state index is 6.53. The molecule has 7 rings (SSSR count). The number of benzene rings is 3. The first-order chi connectivity index (χ1) is 16.7. The molecule has 3 aromatic carbocycles. The molecular weight excluding hydrogens is 420 g/mol. The first-order valence-corrected chi connectivity index (χ1v) is 11.3. The van der Waals surface area contributed by atoms with Crippen molar-refractivity contribution in [2.24, 2.45) is 0 Å². The van der Waals surface area contributed by atoms with Crippen molar-refractivity contribution in [3.8, 4) is 39.7 Å². The fourth-order valence-corrected chi connectivity index (χ4v) is 5.04. The summed E-state index contributed by atoms with van der Waals surface area (Å²) in [7, 11) is 0. The molecular formula is C29H20N4O. The third-order valence-corrected chi connectivity index (χ3v) is 6.80. The molecule has 1 aliphatic rings. The summed E-state index contributed by atoms with van der Waals surface area (Å²) in [6, 6.07) is 23.1. The average molecular weight is 441 g/mol. The van der Waals surface area contributed by atoms with Crippen molar-refractivity contribution < 1.29 is 4.74 Å². The molecule has 162 valence electrons. The van der Waals surface area contributed by atoms with Gasteiger partial charge in [0.2, 0.25) is 5.88 Å². The molecule has 5 nitrogen and oxygen atoms in total. The first-order valence-electron chi connectivity index (χ1n) is 11.3. The lowest BCUT2D eigenvalue weighted by atomic mass is 9.98. The highest BCUT2D eigenvalue weighted by molar-refractivity contribution is 6.00. The Labute approximate surface area is 196 Å². The zero-order chi connectivity index (χ0) is 22.8. The molecule has 0 atom stereocenters. The summed E-state index contributed by atoms with van der Waals surface area (Å²) in [5.74, 6) is 1.29. The molecule has 5 heteroatoms. The number of hydrogen-bond acceptors (Lipinski definition) is 4. The second-order valence-corrected chi connectivity index (χ2v) is 8.63. The van der Waals surface area contributed by atoms with Gasteiger partial charge in [0, 0.05) is 41.1 Å². The number of aryl methyl sites for hydroxylation is 1. The standard InChI is InChI=1S/C29H20N4O/c1-17-18(2)33(21-12-11-19-7-3-4-8-20(19)15-21)28-25(17)27-24(16-32-28)22-9-5-6-10-23(22)26-29(34-27)31-14-13-30-26/h3-16H,1-2H3. The summed E-state index contributed by atoms with van der Waals surface area (Å²) < 4.78 is 8.74. The van der Waals surface area contributed by atoms with Crippen LogP contribution in [0.2, 0.25) is 0 Å². The maximum Gasteiger partial charge on any atom is 0.246 e. The van der Waals surface area contributed by atoms with Crippen molar-refractivity contribution in [1.29, 1.82) is 0 Å². The van der Waals surface area contributed by atoms with E-state index in [0.29, 0.717) is 5.88 Å². The Morgan fingerprint density at radius 1 is 0.735 bits per heavy atom. The van der Waals surface area contributed by atoms with Crippen LogP contribution in [0.5, 0.6) is 11.6 Å². The van der Waals surface area contributed by atoms with Crippen LogP contribution < -0.4 is 4.74 Å². The Bertz CT molecular complexity index is 1770. The Morgan fingerprint density at radius 2 is 1.50 bits per heavy atom. The van der Waals surface area contributed by atoms with Gasteiger partial charge in [0.25, 0.3) is 0 Å². The van der Waals surface area contributed by atoms with E-state index in [1.807, 2.05) is 18.3 Å². The monoisotopic (exact) mass is 440 g/mol. The summed E-state index contributed by atoms with van der Waals surface area (Å²) in [4.78, 5) is 14.1. The molecule has 0 spiro atoms. The van der Waals surface area contributed by atoms with Gasteiger partial charge >= 0.3 is 0 Å². The van der Waals surface area contributed by atoms with E-state index < -0.39 is 0 Å². The lowest BCUT2D eigenvalue weighted by Gasteiger charge is -2.12. The SMILES string of the molecule is Cc1c(C)n(-c2ccc3ccccc3c2)c2ncc3c(c12)Oc1nccnc1-c1ccccc1-3. The molecule has 0 saturated carbocycles. The van der Waals surface area contributed by atoms with Crippen LogP contribution >= 0.6 is 0 Å². The minimum absolute atomic E-state index is 0.511. The van der Waals surface area contributed by atoms with E-state index in [2.05, 4.69) is 83.0 Å². The minimum Gasteiger partial charge on any atom is -0.435 e. The molecule has 0 unspecified atom stereocenters. The van der Waals surface area contributed by atoms with Gasteiger partial charge in [-0.2, -0.15) is 0 Å². The Hall–Kier alpha value is -4.51. The van der Waals surface area contributed by atoms with E-state index in [4.69, 9.17) is 9.72 Å². The molecule has 0 radical (unpaired) electrons. The highest BCUT2D eigenvalue weighted by Gasteiger charge is 2.27. The van der Waals surface area contributed by atoms with E-state index in [1.54, 1.807) is 12.4 Å². The molecule has 34 heavy (non-hydrogen) atoms. The smallest absolute Gasteiger partial charge is 0.246 e. The van der Waals surface area contributed by atoms with Crippen LogP contribution in [0.1, 0.15) is 11.3 Å². The number of hydrogen-bond donors (Lipinski definition) is 0. The lowest BCUT2D eigenvalue weighted by Crippen LogP contribution is -1.98. The summed E-state index contributed by atoms with van der Waals surface area (Å²) in [5.41, 5.74) is 7.94. The summed E-state index contributed by atoms with van der Waals surface area (Å²) in [6.45, 7) is 4.27. The molecule has 0 amide bonds. The van der Waals surface area contributed by atoms with Crippen molar-refractivity contribution in [3.05, 3.63) is 96.6 Å². The number of ether oxygens (including phenoxy) is 1. The first kappa shape index (κ1) is 19.0. The second kappa shape index (κ2) is 6.99. The van der Waals surface area contributed by atoms with Gasteiger partial charge in [-0.3, -0.25) is 4.57 Å². The predicted molar refractivity (Wildman–Crippen MR) is 135 cm³/mol. The predicted octanol–water partition coefficient (Wildman–Crippen LogP) is 7.03. The average Bonchev–Trinajstić information content (AvgIpc) is 3.05. The van der Waals surface area contributed by atoms with Gasteiger partial charge in [-0.1, -0.05) is 54.6 Å². The van der Waals surface area contributed by atoms with E-state index in [9.17, 15) is 0 Å². The number of aromatic nitrogens is 4. The summed E-state index contributed by atoms with van der Waals surface area (Å²) in [6.07, 6.45) is 5.29. The Kier molecular flexibility index (Phi) is 3.91. The van der Waals surface area contributed by atoms with Crippen LogP contribution in [0.25, 0.3) is 49.9 Å². The largest absolute Gasteiger partial charge is 0.435 e. The van der Waals surface area contributed by atoms with Gasteiger partial charge in [-0.15, -0.1) is 0 Å². The third kappa shape index (κ3) is 2.58. The fourth-order valence-electron chi connectivity index (χ4n) is 5.04. The highest BCUT2D eigenvalue weighted by atomic mass is 16.5. The van der Waals surface area contributed by atoms with Crippen molar-refractivity contribution in [2.45, 2.75) is 13.8 Å². The van der Waals surface area contributed by atoms with Gasteiger partial charge in [-0.05, 0) is 47.9 Å². The number of nitrogens with zero attached hydrogens (tertiary/aromatic N) is 4. The van der Waals surface area contributed by atoms with Gasteiger partial charge in [-0.25, -0.2) is 15.0 Å². The van der Waals surface area contributed by atoms with Crippen LogP contribution in [0.3, 0.4) is 0 Å². The van der Waals surface area contributed by atoms with E-state index >= 15 is 0 Å². The summed E-state index contributed by atoms with van der Waals surface area (Å²) >= 11 is 0. The topological polar surface area (TPSA) is 52.8 Å². The van der Waals surface area contributed by atoms with Gasteiger partial charge in [0.1, 0.15) is 17.1 Å². The van der Waals surface area contributed by atoms with Crippen LogP contribution in [-0.2, 0) is 0 Å². The Morgan fingerprint density at radius 3 is 2.38 bits per heavy atom. The van der Waals surface area contributed by atoms with E-state index in [1.165, 1.54) is 10.8 Å². The lowest BCUT2D eigenvalue weighted by molar-refractivity contribution is 0.470. The van der Waals surface area contributed by atoms with Gasteiger partial charge in [0.15, 0.2) is 0 Å². The molecule has 1 aliphatic heterocycles. The molecule has 0 bridgehead atoms. The molecule has 0 N–H and O–H groups in total. The molecule has 0 fully saturated rings. The molecule has 0 aliphatic carbocycles. The third-order valence-electron chi connectivity index (χ3n) is 6.80. The highest BCUT2D eigenvalue weighted by Crippen LogP contribution is 2.48. The van der Waals surface area contributed by atoms with Crippen molar-refractivity contribution >= 4 is 21.8 Å². The number of pyridine rings is 1. The zero-order valence-corrected chi connectivity index (χ0v) is 18.8. The molecule has 4 heterocycles. The molecule has 0 saturated heterocycles. The quantitative estimate of drug-likeness (QED) is 0.275. The van der Waals surface area contributed by atoms with Gasteiger partial charge < -0.3 is 4.74 Å². The molecule has 3 aromatic heterocycles. The van der Waals surface area contributed by atoms with Crippen LogP contribution in [0, 0.1) is 13.8 Å². The van der Waals surface area contributed by atoms with E-state index in [0.717, 1.165) is 56.1 Å². The Balaban J connectivity index is 1.55. The van der Waals surface area contributed by atoms with Gasteiger partial charge in [0.05, 0.1) is 5.39 Å². The minimum atomic E-state index is 0.511. The molecule has 6 aromatic rings. The van der Waals surface area contributed by atoms with Crippen molar-refractivity contribution in [3.63, 3.8) is 0 Å². The van der Waals surface area contributed by atoms with Crippen LogP contribution in [-0.4, -0.2) is 19.5 Å². The second-order valence-electron chi connectivity index (χ2n) is 8.63. The van der Waals surface area contributed by atoms with Crippen LogP contribution in [0.15, 0.2) is 85.3 Å². The number of rotatable bonds is 1. The maximum atomic E-state index is 6.53. The van der Waals surface area contributed by atoms with E-state index in [-0.39, 0.29) is 0 Å². The fraction of sp³-hybridized carbons (Fsp3) is 0.0690. The number of fused-ring (bicyclic) bond motifs is 8. The van der Waals surface area contributed by atoms with Crippen LogP contribution in [0.4, 0.5) is 0 Å².